The third-order valence-corrected chi connectivity index (χ3v) is 5.98. The summed E-state index contributed by atoms with van der Waals surface area (Å²) < 4.78 is 6.49. The van der Waals surface area contributed by atoms with Crippen LogP contribution < -0.4 is 4.74 Å². The molecule has 0 atom stereocenters. The van der Waals surface area contributed by atoms with Gasteiger partial charge in [-0.3, -0.25) is 4.79 Å². The molecule has 0 spiro atoms. The molecule has 6 heteroatoms. The molecule has 0 radical (unpaired) electrons. The van der Waals surface area contributed by atoms with Gasteiger partial charge in [0.15, 0.2) is 11.4 Å². The van der Waals surface area contributed by atoms with Gasteiger partial charge in [-0.1, -0.05) is 48.6 Å². The predicted molar refractivity (Wildman–Crippen MR) is 112 cm³/mol. The molecule has 2 aromatic heterocycles. The Morgan fingerprint density at radius 2 is 2.12 bits per heavy atom. The summed E-state index contributed by atoms with van der Waals surface area (Å²) in [6, 6.07) is 7.76. The number of rotatable bonds is 6. The van der Waals surface area contributed by atoms with Crippen molar-refractivity contribution < 1.29 is 9.53 Å². The van der Waals surface area contributed by atoms with Crippen molar-refractivity contribution in [3.8, 4) is 17.0 Å². The number of ether oxygens (including phenoxy) is 1. The maximum atomic E-state index is 12.9. The van der Waals surface area contributed by atoms with E-state index in [2.05, 4.69) is 32.6 Å². The van der Waals surface area contributed by atoms with Gasteiger partial charge in [0.05, 0.1) is 23.6 Å². The number of Topliss-reactive ketones (excluding diaryl/α,β-unsaturated/α-hetero) is 1. The third-order valence-electron chi connectivity index (χ3n) is 4.08. The Labute approximate surface area is 166 Å². The number of H-pyrrole nitrogens is 1. The lowest BCUT2D eigenvalue weighted by Gasteiger charge is -2.19. The lowest BCUT2D eigenvalue weighted by atomic mass is 9.87. The van der Waals surface area contributed by atoms with Crippen molar-refractivity contribution in [2.75, 3.05) is 4.43 Å². The maximum Gasteiger partial charge on any atom is 0.172 e. The molecule has 3 aromatic rings. The molecule has 0 saturated heterocycles. The molecular formula is C20H22IN3O2. The lowest BCUT2D eigenvalue weighted by Crippen LogP contribution is -2.25. The van der Waals surface area contributed by atoms with Gasteiger partial charge in [0.25, 0.3) is 0 Å². The van der Waals surface area contributed by atoms with Crippen molar-refractivity contribution in [2.24, 2.45) is 5.41 Å². The summed E-state index contributed by atoms with van der Waals surface area (Å²) in [5, 5.41) is 0. The molecule has 0 aliphatic rings. The van der Waals surface area contributed by atoms with Crippen LogP contribution in [0.25, 0.3) is 22.4 Å². The molecule has 0 saturated carbocycles. The van der Waals surface area contributed by atoms with Crippen LogP contribution in [0.4, 0.5) is 0 Å². The molecule has 0 aliphatic heterocycles. The van der Waals surface area contributed by atoms with Gasteiger partial charge in [-0.25, -0.2) is 9.97 Å². The Morgan fingerprint density at radius 3 is 2.81 bits per heavy atom. The molecule has 0 unspecified atom stereocenters. The summed E-state index contributed by atoms with van der Waals surface area (Å²) in [4.78, 5) is 25.1. The topological polar surface area (TPSA) is 67.9 Å². The minimum absolute atomic E-state index is 0.0708. The fraction of sp³-hybridized carbons (Fsp3) is 0.350. The van der Waals surface area contributed by atoms with Crippen LogP contribution in [0.1, 0.15) is 38.1 Å². The summed E-state index contributed by atoms with van der Waals surface area (Å²) in [7, 11) is 0. The Bertz CT molecular complexity index is 947. The molecule has 136 valence electrons. The van der Waals surface area contributed by atoms with Crippen molar-refractivity contribution >= 4 is 39.5 Å². The standard InChI is InChI=1S/C20H22IN3O2/c1-12(2)26-14-7-5-6-13(8-14)16-10-23-19-17(24-16)15(9-22-19)18(25)20(3,4)11-21/h5-10,12H,11H2,1-4H3,(H,22,23). The smallest absolute Gasteiger partial charge is 0.172 e. The minimum Gasteiger partial charge on any atom is -0.491 e. The summed E-state index contributed by atoms with van der Waals surface area (Å²) in [5.41, 5.74) is 3.00. The van der Waals surface area contributed by atoms with Gasteiger partial charge in [-0.15, -0.1) is 0 Å². The number of halogens is 1. The highest BCUT2D eigenvalue weighted by molar-refractivity contribution is 14.1. The molecule has 3 rings (SSSR count). The summed E-state index contributed by atoms with van der Waals surface area (Å²) in [6.07, 6.45) is 3.52. The summed E-state index contributed by atoms with van der Waals surface area (Å²) >= 11 is 2.24. The van der Waals surface area contributed by atoms with Gasteiger partial charge in [0, 0.05) is 21.6 Å². The van der Waals surface area contributed by atoms with Crippen LogP contribution in [0.2, 0.25) is 0 Å². The van der Waals surface area contributed by atoms with E-state index in [0.29, 0.717) is 22.4 Å². The van der Waals surface area contributed by atoms with Gasteiger partial charge in [-0.2, -0.15) is 0 Å². The van der Waals surface area contributed by atoms with E-state index in [-0.39, 0.29) is 11.9 Å². The number of carbonyl (C=O) groups is 1. The molecule has 2 heterocycles. The van der Waals surface area contributed by atoms with Gasteiger partial charge in [0.1, 0.15) is 11.3 Å². The minimum atomic E-state index is -0.446. The van der Waals surface area contributed by atoms with Crippen molar-refractivity contribution in [1.82, 2.24) is 15.0 Å². The Hall–Kier alpha value is -1.96. The van der Waals surface area contributed by atoms with Crippen molar-refractivity contribution in [1.29, 1.82) is 0 Å². The number of hydrogen-bond donors (Lipinski definition) is 1. The van der Waals surface area contributed by atoms with Crippen LogP contribution in [0, 0.1) is 5.41 Å². The first-order chi connectivity index (χ1) is 12.3. The molecule has 0 amide bonds. The first kappa shape index (κ1) is 18.8. The Morgan fingerprint density at radius 1 is 1.35 bits per heavy atom. The number of fused-ring (bicyclic) bond motifs is 1. The van der Waals surface area contributed by atoms with Crippen molar-refractivity contribution in [3.05, 3.63) is 42.2 Å². The molecule has 26 heavy (non-hydrogen) atoms. The average Bonchev–Trinajstić information content (AvgIpc) is 3.03. The quantitative estimate of drug-likeness (QED) is 0.316. The number of aromatic nitrogens is 3. The largest absolute Gasteiger partial charge is 0.491 e. The van der Waals surface area contributed by atoms with E-state index in [1.54, 1.807) is 12.4 Å². The van der Waals surface area contributed by atoms with Gasteiger partial charge >= 0.3 is 0 Å². The van der Waals surface area contributed by atoms with Crippen molar-refractivity contribution in [2.45, 2.75) is 33.8 Å². The Balaban J connectivity index is 2.04. The van der Waals surface area contributed by atoms with Crippen LogP contribution in [-0.4, -0.2) is 31.3 Å². The SMILES string of the molecule is CC(C)Oc1cccc(-c2cnc3[nH]cc(C(=O)C(C)(C)CI)c3n2)c1. The van der Waals surface area contributed by atoms with E-state index < -0.39 is 5.41 Å². The fourth-order valence-electron chi connectivity index (χ4n) is 2.63. The lowest BCUT2D eigenvalue weighted by molar-refractivity contribution is 0.0867. The van der Waals surface area contributed by atoms with E-state index >= 15 is 0 Å². The zero-order valence-corrected chi connectivity index (χ0v) is 17.5. The first-order valence-corrected chi connectivity index (χ1v) is 10.1. The number of nitrogens with one attached hydrogen (secondary N) is 1. The number of benzene rings is 1. The van der Waals surface area contributed by atoms with E-state index in [9.17, 15) is 4.79 Å². The monoisotopic (exact) mass is 463 g/mol. The zero-order chi connectivity index (χ0) is 18.9. The molecule has 0 aliphatic carbocycles. The second-order valence-corrected chi connectivity index (χ2v) is 7.96. The molecule has 1 aromatic carbocycles. The highest BCUT2D eigenvalue weighted by atomic mass is 127. The van der Waals surface area contributed by atoms with E-state index in [1.165, 1.54) is 0 Å². The van der Waals surface area contributed by atoms with Crippen LogP contribution in [0.3, 0.4) is 0 Å². The van der Waals surface area contributed by atoms with Gasteiger partial charge < -0.3 is 9.72 Å². The van der Waals surface area contributed by atoms with E-state index in [4.69, 9.17) is 9.72 Å². The van der Waals surface area contributed by atoms with Gasteiger partial charge in [-0.05, 0) is 26.0 Å². The molecule has 0 fully saturated rings. The molecular weight excluding hydrogens is 441 g/mol. The van der Waals surface area contributed by atoms with Gasteiger partial charge in [0.2, 0.25) is 0 Å². The van der Waals surface area contributed by atoms with Crippen molar-refractivity contribution in [3.63, 3.8) is 0 Å². The predicted octanol–water partition coefficient (Wildman–Crippen LogP) is 5.06. The summed E-state index contributed by atoms with van der Waals surface area (Å²) in [6.45, 7) is 7.88. The number of hydrogen-bond acceptors (Lipinski definition) is 4. The maximum absolute atomic E-state index is 12.9. The highest BCUT2D eigenvalue weighted by Crippen LogP contribution is 2.29. The number of ketones is 1. The average molecular weight is 463 g/mol. The number of carbonyl (C=O) groups excluding carboxylic acids is 1. The van der Waals surface area contributed by atoms with Crippen LogP contribution in [0.15, 0.2) is 36.7 Å². The highest BCUT2D eigenvalue weighted by Gasteiger charge is 2.30. The van der Waals surface area contributed by atoms with Crippen LogP contribution in [-0.2, 0) is 0 Å². The zero-order valence-electron chi connectivity index (χ0n) is 15.3. The van der Waals surface area contributed by atoms with Crippen LogP contribution >= 0.6 is 22.6 Å². The number of aromatic amines is 1. The molecule has 0 bridgehead atoms. The second-order valence-electron chi connectivity index (χ2n) is 7.20. The van der Waals surface area contributed by atoms with Crippen LogP contribution in [0.5, 0.6) is 5.75 Å². The molecule has 5 nitrogen and oxygen atoms in total. The summed E-state index contributed by atoms with van der Waals surface area (Å²) in [5.74, 6) is 0.859. The van der Waals surface area contributed by atoms with E-state index in [1.807, 2.05) is 52.0 Å². The Kier molecular flexibility index (Phi) is 5.32. The first-order valence-electron chi connectivity index (χ1n) is 8.54. The second kappa shape index (κ2) is 7.34. The fourth-order valence-corrected chi connectivity index (χ4v) is 2.98. The number of alkyl halides is 1. The third kappa shape index (κ3) is 3.75. The normalized spacial score (nSPS) is 11.9. The molecule has 1 N–H and O–H groups in total. The van der Waals surface area contributed by atoms with E-state index in [0.717, 1.165) is 15.7 Å². The number of nitrogens with zero attached hydrogens (tertiary/aromatic N) is 2.